The van der Waals surface area contributed by atoms with Crippen molar-refractivity contribution in [2.24, 2.45) is 34.8 Å². The molecule has 1 aliphatic heterocycles. The number of methoxy groups -OCH3 is 1. The highest BCUT2D eigenvalue weighted by molar-refractivity contribution is 7.90. The Morgan fingerprint density at radius 1 is 1.15 bits per heavy atom. The Kier molecular flexibility index (Phi) is 12.8. The number of amides is 2. The van der Waals surface area contributed by atoms with Gasteiger partial charge in [-0.3, -0.25) is 14.4 Å². The van der Waals surface area contributed by atoms with E-state index in [1.54, 1.807) is 31.2 Å². The number of hydroxylamine groups is 2. The lowest BCUT2D eigenvalue weighted by Crippen LogP contribution is -2.62. The number of nitrogens with two attached hydrogens (primary N) is 1. The van der Waals surface area contributed by atoms with E-state index in [0.29, 0.717) is 46.7 Å². The number of likely N-dealkylation sites (N-methyl/N-ethyl adjacent to an activating group) is 1. The van der Waals surface area contributed by atoms with Gasteiger partial charge in [0.25, 0.3) is 5.91 Å². The van der Waals surface area contributed by atoms with Crippen LogP contribution in [0.3, 0.4) is 0 Å². The molecule has 0 spiro atoms. The van der Waals surface area contributed by atoms with Crippen LogP contribution in [-0.2, 0) is 26.0 Å². The number of para-hydroxylation sites is 1. The van der Waals surface area contributed by atoms with Crippen LogP contribution in [0.4, 0.5) is 5.69 Å². The van der Waals surface area contributed by atoms with E-state index < -0.39 is 46.0 Å². The van der Waals surface area contributed by atoms with Crippen LogP contribution in [0.25, 0.3) is 11.1 Å². The molecule has 1 saturated heterocycles. The number of benzene rings is 2. The van der Waals surface area contributed by atoms with Crippen molar-refractivity contribution in [3.8, 4) is 16.9 Å². The molecule has 0 radical (unpaired) electrons. The van der Waals surface area contributed by atoms with Gasteiger partial charge >= 0.3 is 0 Å². The number of hydrogen-bond acceptors (Lipinski definition) is 11. The summed E-state index contributed by atoms with van der Waals surface area (Å²) in [6.07, 6.45) is 1.87. The third-order valence-electron chi connectivity index (χ3n) is 12.2. The fourth-order valence-corrected chi connectivity index (χ4v) is 10.2. The average molecular weight is 771 g/mol. The van der Waals surface area contributed by atoms with Gasteiger partial charge < -0.3 is 36.0 Å². The summed E-state index contributed by atoms with van der Waals surface area (Å²) >= 11 is 0. The molecule has 300 valence electrons. The number of aliphatic hydroxyl groups excluding tert-OH is 1. The summed E-state index contributed by atoms with van der Waals surface area (Å²) in [7, 11) is 5.64. The van der Waals surface area contributed by atoms with Crippen molar-refractivity contribution >= 4 is 27.3 Å². The van der Waals surface area contributed by atoms with E-state index in [1.807, 2.05) is 62.3 Å². The molecule has 9 atom stereocenters. The van der Waals surface area contributed by atoms with Crippen LogP contribution in [0.2, 0.25) is 0 Å². The van der Waals surface area contributed by atoms with Crippen molar-refractivity contribution in [2.45, 2.75) is 77.4 Å². The molecule has 2 aromatic carbocycles. The topological polar surface area (TPSA) is 167 Å². The van der Waals surface area contributed by atoms with E-state index in [2.05, 4.69) is 31.4 Å². The maximum Gasteiger partial charge on any atom is 0.251 e. The SMILES string of the molecule is COc1c(CN2O[C@@H](CN)[C@@H]([C@H](C)O)[C@H]2C(=O)N[C@@H]2C[C@H]3CC([C@@H]2C)C3(C)C)cccc1-c1cc(C(=O)N[C@H](CN(C)C)CS(C)(=O)=O)cc(N(C)C)c1. The fourth-order valence-electron chi connectivity index (χ4n) is 9.25. The Bertz CT molecular complexity index is 1780. The predicted molar refractivity (Wildman–Crippen MR) is 212 cm³/mol. The largest absolute Gasteiger partial charge is 0.496 e. The smallest absolute Gasteiger partial charge is 0.251 e. The number of sulfone groups is 1. The summed E-state index contributed by atoms with van der Waals surface area (Å²) in [5.41, 5.74) is 9.75. The number of anilines is 1. The number of aliphatic hydroxyl groups is 1. The molecule has 6 rings (SSSR count). The monoisotopic (exact) mass is 770 g/mol. The maximum absolute atomic E-state index is 14.3. The fraction of sp³-hybridized carbons (Fsp3) is 0.650. The molecule has 2 amide bonds. The Morgan fingerprint density at radius 3 is 2.41 bits per heavy atom. The van der Waals surface area contributed by atoms with E-state index in [1.165, 1.54) is 6.42 Å². The summed E-state index contributed by atoms with van der Waals surface area (Å²) in [4.78, 5) is 38.1. The molecule has 2 aromatic rings. The number of nitrogens with one attached hydrogen (secondary N) is 2. The lowest BCUT2D eigenvalue weighted by Gasteiger charge is -2.62. The number of fused-ring (bicyclic) bond motifs is 2. The molecule has 14 heteroatoms. The molecule has 1 heterocycles. The molecule has 2 bridgehead atoms. The quantitative estimate of drug-likeness (QED) is 0.211. The first-order chi connectivity index (χ1) is 25.2. The van der Waals surface area contributed by atoms with Crippen molar-refractivity contribution in [1.29, 1.82) is 0 Å². The molecule has 1 unspecified atom stereocenters. The van der Waals surface area contributed by atoms with Crippen LogP contribution in [-0.4, -0.2) is 126 Å². The van der Waals surface area contributed by atoms with Crippen LogP contribution >= 0.6 is 0 Å². The molecule has 0 aromatic heterocycles. The van der Waals surface area contributed by atoms with Crippen molar-refractivity contribution in [3.05, 3.63) is 47.5 Å². The number of ether oxygens (including phenoxy) is 1. The van der Waals surface area contributed by atoms with Crippen molar-refractivity contribution in [1.82, 2.24) is 20.6 Å². The van der Waals surface area contributed by atoms with Gasteiger partial charge in [0, 0.05) is 67.8 Å². The van der Waals surface area contributed by atoms with Crippen LogP contribution in [0.15, 0.2) is 36.4 Å². The zero-order chi connectivity index (χ0) is 39.9. The minimum atomic E-state index is -3.36. The summed E-state index contributed by atoms with van der Waals surface area (Å²) in [6, 6.07) is 9.84. The van der Waals surface area contributed by atoms with Crippen molar-refractivity contribution in [3.63, 3.8) is 0 Å². The third kappa shape index (κ3) is 8.89. The third-order valence-corrected chi connectivity index (χ3v) is 13.2. The van der Waals surface area contributed by atoms with Gasteiger partial charge in [-0.1, -0.05) is 39.0 Å². The normalized spacial score (nSPS) is 27.5. The van der Waals surface area contributed by atoms with E-state index in [9.17, 15) is 23.1 Å². The summed E-state index contributed by atoms with van der Waals surface area (Å²) in [6.45, 7) is 9.24. The highest BCUT2D eigenvalue weighted by atomic mass is 32.2. The van der Waals surface area contributed by atoms with Crippen LogP contribution < -0.4 is 26.0 Å². The zero-order valence-electron chi connectivity index (χ0n) is 33.6. The van der Waals surface area contributed by atoms with E-state index in [-0.39, 0.29) is 36.2 Å². The standard InChI is InChI=1S/C40H62N6O7S/c1-23-32-17-28(40(32,3)4)18-33(23)43-39(49)36-35(24(2)47)34(19-41)53-46(36)20-25-12-11-13-31(37(25)52-9)26-14-27(16-30(15-26)45(7)8)38(48)42-29(21-44(5)6)22-54(10,50)51/h11-16,23-24,28-29,32-36,47H,17-22,41H2,1-10H3,(H,42,48)(H,43,49)/t23-,24-,28+,29+,32?,33+,34-,35+,36-/m0/s1. The molecule has 4 aliphatic rings. The van der Waals surface area contributed by atoms with Gasteiger partial charge in [-0.05, 0) is 80.8 Å². The molecule has 54 heavy (non-hydrogen) atoms. The second kappa shape index (κ2) is 16.4. The molecule has 13 nitrogen and oxygen atoms in total. The van der Waals surface area contributed by atoms with Gasteiger partial charge in [0.05, 0.1) is 37.7 Å². The Morgan fingerprint density at radius 2 is 1.85 bits per heavy atom. The molecular formula is C40H62N6O7S. The van der Waals surface area contributed by atoms with Crippen LogP contribution in [0.1, 0.15) is 56.5 Å². The van der Waals surface area contributed by atoms with Gasteiger partial charge in [-0.25, -0.2) is 8.42 Å². The van der Waals surface area contributed by atoms with Gasteiger partial charge in [0.15, 0.2) is 0 Å². The lowest BCUT2D eigenvalue weighted by molar-refractivity contribution is -0.175. The van der Waals surface area contributed by atoms with Gasteiger partial charge in [0.2, 0.25) is 5.91 Å². The Hall–Kier alpha value is -3.27. The molecular weight excluding hydrogens is 709 g/mol. The van der Waals surface area contributed by atoms with Gasteiger partial charge in [-0.2, -0.15) is 5.06 Å². The first kappa shape index (κ1) is 41.9. The van der Waals surface area contributed by atoms with Gasteiger partial charge in [-0.15, -0.1) is 0 Å². The number of hydrogen-bond donors (Lipinski definition) is 4. The summed E-state index contributed by atoms with van der Waals surface area (Å²) in [5, 5.41) is 18.9. The minimum absolute atomic E-state index is 0.0421. The number of carbonyl (C=O) groups excluding carboxylic acids is 2. The maximum atomic E-state index is 14.3. The first-order valence-electron chi connectivity index (χ1n) is 19.0. The zero-order valence-corrected chi connectivity index (χ0v) is 34.4. The highest BCUT2D eigenvalue weighted by Crippen LogP contribution is 2.61. The van der Waals surface area contributed by atoms with E-state index in [0.717, 1.165) is 23.9 Å². The van der Waals surface area contributed by atoms with Gasteiger partial charge in [0.1, 0.15) is 21.6 Å². The summed E-state index contributed by atoms with van der Waals surface area (Å²) in [5.74, 6) is 0.684. The minimum Gasteiger partial charge on any atom is -0.496 e. The molecule has 3 aliphatic carbocycles. The second-order valence-corrected chi connectivity index (χ2v) is 19.2. The van der Waals surface area contributed by atoms with E-state index >= 15 is 0 Å². The number of carbonyl (C=O) groups is 2. The van der Waals surface area contributed by atoms with Crippen molar-refractivity contribution < 1.29 is 32.7 Å². The van der Waals surface area contributed by atoms with Crippen LogP contribution in [0, 0.1) is 29.1 Å². The summed E-state index contributed by atoms with van der Waals surface area (Å²) < 4.78 is 30.4. The lowest BCUT2D eigenvalue weighted by atomic mass is 9.45. The number of nitrogens with zero attached hydrogens (tertiary/aromatic N) is 3. The van der Waals surface area contributed by atoms with Crippen LogP contribution in [0.5, 0.6) is 5.75 Å². The first-order valence-corrected chi connectivity index (χ1v) is 21.1. The van der Waals surface area contributed by atoms with E-state index in [4.69, 9.17) is 15.3 Å². The number of rotatable bonds is 15. The van der Waals surface area contributed by atoms with Crippen molar-refractivity contribution in [2.75, 3.05) is 65.3 Å². The Labute approximate surface area is 321 Å². The highest BCUT2D eigenvalue weighted by Gasteiger charge is 2.57. The molecule has 4 fully saturated rings. The Balaban J connectivity index is 1.46. The second-order valence-electron chi connectivity index (χ2n) is 17.0. The average Bonchev–Trinajstić information content (AvgIpc) is 3.46. The molecule has 3 saturated carbocycles. The predicted octanol–water partition coefficient (Wildman–Crippen LogP) is 2.76. The molecule has 5 N–H and O–H groups in total.